The van der Waals surface area contributed by atoms with Crippen LogP contribution in [0.15, 0.2) is 60.7 Å². The average Bonchev–Trinajstić information content (AvgIpc) is 3.01. The molecule has 2 aliphatic heterocycles. The van der Waals surface area contributed by atoms with Crippen molar-refractivity contribution in [2.45, 2.75) is 18.9 Å². The second-order valence-corrected chi connectivity index (χ2v) is 7.20. The van der Waals surface area contributed by atoms with Gasteiger partial charge in [-0.25, -0.2) is 0 Å². The number of imide groups is 1. The molecule has 0 saturated carbocycles. The molecule has 2 aromatic carbocycles. The Morgan fingerprint density at radius 3 is 2.11 bits per heavy atom. The largest absolute Gasteiger partial charge is 0.369 e. The lowest BCUT2D eigenvalue weighted by atomic mass is 10.1. The molecule has 2 amide bonds. The summed E-state index contributed by atoms with van der Waals surface area (Å²) in [6.45, 7) is 3.86. The minimum Gasteiger partial charge on any atom is -0.369 e. The molecule has 2 heterocycles. The number of carbonyl (C=O) groups is 2. The maximum atomic E-state index is 12.8. The van der Waals surface area contributed by atoms with Crippen molar-refractivity contribution in [2.24, 2.45) is 0 Å². The van der Waals surface area contributed by atoms with Gasteiger partial charge in [-0.15, -0.1) is 0 Å². The van der Waals surface area contributed by atoms with E-state index >= 15 is 0 Å². The van der Waals surface area contributed by atoms with Crippen LogP contribution in [0.2, 0.25) is 0 Å². The fourth-order valence-corrected chi connectivity index (χ4v) is 4.00. The lowest BCUT2D eigenvalue weighted by Crippen LogP contribution is -2.52. The molecule has 2 fully saturated rings. The number of carbonyl (C=O) groups excluding carboxylic acids is 2. The Balaban J connectivity index is 1.34. The van der Waals surface area contributed by atoms with Gasteiger partial charge in [-0.1, -0.05) is 48.5 Å². The Labute approximate surface area is 160 Å². The molecule has 140 valence electrons. The zero-order valence-corrected chi connectivity index (χ0v) is 15.5. The first-order chi connectivity index (χ1) is 13.2. The van der Waals surface area contributed by atoms with E-state index in [2.05, 4.69) is 21.9 Å². The highest BCUT2D eigenvalue weighted by molar-refractivity contribution is 6.05. The van der Waals surface area contributed by atoms with Gasteiger partial charge in [-0.3, -0.25) is 19.4 Å². The number of benzene rings is 2. The molecule has 0 unspecified atom stereocenters. The Hall–Kier alpha value is -2.66. The van der Waals surface area contributed by atoms with E-state index in [4.69, 9.17) is 0 Å². The Bertz CT molecular complexity index is 786. The van der Waals surface area contributed by atoms with E-state index in [9.17, 15) is 9.59 Å². The average molecular weight is 363 g/mol. The van der Waals surface area contributed by atoms with E-state index in [1.54, 1.807) is 0 Å². The molecule has 2 saturated heterocycles. The van der Waals surface area contributed by atoms with Crippen molar-refractivity contribution in [3.05, 3.63) is 66.2 Å². The number of para-hydroxylation sites is 1. The van der Waals surface area contributed by atoms with E-state index in [1.165, 1.54) is 10.6 Å². The molecule has 5 heteroatoms. The molecular weight excluding hydrogens is 338 g/mol. The van der Waals surface area contributed by atoms with Crippen LogP contribution in [0.4, 0.5) is 5.69 Å². The lowest BCUT2D eigenvalue weighted by Gasteiger charge is -2.38. The maximum absolute atomic E-state index is 12.8. The van der Waals surface area contributed by atoms with Crippen molar-refractivity contribution in [1.82, 2.24) is 9.80 Å². The van der Waals surface area contributed by atoms with E-state index in [0.29, 0.717) is 19.4 Å². The highest BCUT2D eigenvalue weighted by Gasteiger charge is 2.42. The quantitative estimate of drug-likeness (QED) is 0.764. The Kier molecular flexibility index (Phi) is 5.21. The highest BCUT2D eigenvalue weighted by Crippen LogP contribution is 2.22. The molecule has 27 heavy (non-hydrogen) atoms. The van der Waals surface area contributed by atoms with Crippen molar-refractivity contribution in [2.75, 3.05) is 37.6 Å². The molecule has 0 radical (unpaired) electrons. The first-order valence-corrected chi connectivity index (χ1v) is 9.64. The van der Waals surface area contributed by atoms with Gasteiger partial charge >= 0.3 is 0 Å². The molecule has 0 spiro atoms. The van der Waals surface area contributed by atoms with Crippen LogP contribution in [0.5, 0.6) is 0 Å². The summed E-state index contributed by atoms with van der Waals surface area (Å²) in [6, 6.07) is 20.1. The second kappa shape index (κ2) is 7.92. The second-order valence-electron chi connectivity index (χ2n) is 7.20. The van der Waals surface area contributed by atoms with E-state index < -0.39 is 0 Å². The third-order valence-corrected chi connectivity index (χ3v) is 5.56. The highest BCUT2D eigenvalue weighted by atomic mass is 16.2. The van der Waals surface area contributed by atoms with Gasteiger partial charge in [-0.05, 0) is 24.1 Å². The summed E-state index contributed by atoms with van der Waals surface area (Å²) in [5.74, 6) is -0.0597. The normalized spacial score (nSPS) is 21.1. The summed E-state index contributed by atoms with van der Waals surface area (Å²) < 4.78 is 0. The molecule has 5 nitrogen and oxygen atoms in total. The van der Waals surface area contributed by atoms with Gasteiger partial charge in [-0.2, -0.15) is 0 Å². The van der Waals surface area contributed by atoms with Crippen LogP contribution in [0.1, 0.15) is 12.0 Å². The third kappa shape index (κ3) is 3.88. The van der Waals surface area contributed by atoms with Crippen LogP contribution in [-0.2, 0) is 16.0 Å². The first kappa shape index (κ1) is 17.7. The Morgan fingerprint density at radius 2 is 1.44 bits per heavy atom. The molecular formula is C22H25N3O2. The molecule has 4 rings (SSSR count). The number of hydrogen-bond donors (Lipinski definition) is 0. The van der Waals surface area contributed by atoms with Crippen molar-refractivity contribution >= 4 is 17.5 Å². The Morgan fingerprint density at radius 1 is 0.815 bits per heavy atom. The van der Waals surface area contributed by atoms with Crippen molar-refractivity contribution in [1.29, 1.82) is 0 Å². The van der Waals surface area contributed by atoms with E-state index in [-0.39, 0.29) is 17.9 Å². The summed E-state index contributed by atoms with van der Waals surface area (Å²) in [6.07, 6.45) is 1.03. The summed E-state index contributed by atoms with van der Waals surface area (Å²) in [5.41, 5.74) is 2.37. The van der Waals surface area contributed by atoms with Gasteiger partial charge in [0, 0.05) is 38.4 Å². The van der Waals surface area contributed by atoms with E-state index in [1.807, 2.05) is 48.5 Å². The summed E-state index contributed by atoms with van der Waals surface area (Å²) >= 11 is 0. The van der Waals surface area contributed by atoms with Crippen LogP contribution in [0.3, 0.4) is 0 Å². The van der Waals surface area contributed by atoms with Gasteiger partial charge in [0.25, 0.3) is 0 Å². The number of piperazine rings is 1. The predicted octanol–water partition coefficient (Wildman–Crippen LogP) is 2.18. The summed E-state index contributed by atoms with van der Waals surface area (Å²) in [5, 5.41) is 0. The fourth-order valence-electron chi connectivity index (χ4n) is 4.00. The van der Waals surface area contributed by atoms with Crippen molar-refractivity contribution in [3.8, 4) is 0 Å². The van der Waals surface area contributed by atoms with Gasteiger partial charge in [0.05, 0.1) is 12.5 Å². The van der Waals surface area contributed by atoms with Crippen LogP contribution >= 0.6 is 0 Å². The van der Waals surface area contributed by atoms with Crippen molar-refractivity contribution in [3.63, 3.8) is 0 Å². The number of likely N-dealkylation sites (tertiary alicyclic amines) is 1. The molecule has 0 aromatic heterocycles. The maximum Gasteiger partial charge on any atom is 0.247 e. The molecule has 0 aliphatic carbocycles. The number of nitrogens with zero attached hydrogens (tertiary/aromatic N) is 3. The molecule has 2 aromatic rings. The summed E-state index contributed by atoms with van der Waals surface area (Å²) in [7, 11) is 0. The monoisotopic (exact) mass is 363 g/mol. The predicted molar refractivity (Wildman–Crippen MR) is 105 cm³/mol. The molecule has 1 atom stereocenters. The van der Waals surface area contributed by atoms with Crippen LogP contribution in [0.25, 0.3) is 0 Å². The smallest absolute Gasteiger partial charge is 0.247 e. The topological polar surface area (TPSA) is 43.9 Å². The minimum absolute atomic E-state index is 0.0240. The number of anilines is 1. The zero-order valence-electron chi connectivity index (χ0n) is 15.5. The number of rotatable bonds is 5. The standard InChI is InChI=1S/C22H25N3O2/c26-21-17-20(22(27)25(21)12-11-18-7-3-1-4-8-18)24-15-13-23(14-16-24)19-9-5-2-6-10-19/h1-10,20H,11-17H2/t20-/m0/s1. The molecule has 0 N–H and O–H groups in total. The summed E-state index contributed by atoms with van der Waals surface area (Å²) in [4.78, 5) is 31.2. The third-order valence-electron chi connectivity index (χ3n) is 5.56. The zero-order chi connectivity index (χ0) is 18.6. The lowest BCUT2D eigenvalue weighted by molar-refractivity contribution is -0.139. The van der Waals surface area contributed by atoms with Gasteiger partial charge in [0.2, 0.25) is 11.8 Å². The van der Waals surface area contributed by atoms with Crippen LogP contribution in [-0.4, -0.2) is 60.4 Å². The fraction of sp³-hybridized carbons (Fsp3) is 0.364. The van der Waals surface area contributed by atoms with E-state index in [0.717, 1.165) is 31.7 Å². The van der Waals surface area contributed by atoms with Gasteiger partial charge in [0.1, 0.15) is 0 Å². The van der Waals surface area contributed by atoms with Crippen LogP contribution < -0.4 is 4.90 Å². The minimum atomic E-state index is -0.286. The first-order valence-electron chi connectivity index (χ1n) is 9.64. The van der Waals surface area contributed by atoms with Crippen molar-refractivity contribution < 1.29 is 9.59 Å². The SMILES string of the molecule is O=C1C[C@H](N2CCN(c3ccccc3)CC2)C(=O)N1CCc1ccccc1. The number of amides is 2. The van der Waals surface area contributed by atoms with Gasteiger partial charge in [0.15, 0.2) is 0 Å². The van der Waals surface area contributed by atoms with Gasteiger partial charge < -0.3 is 4.90 Å². The number of hydrogen-bond acceptors (Lipinski definition) is 4. The molecule has 0 bridgehead atoms. The van der Waals surface area contributed by atoms with Crippen LogP contribution in [0, 0.1) is 0 Å². The molecule has 2 aliphatic rings.